The van der Waals surface area contributed by atoms with Crippen LogP contribution in [0.1, 0.15) is 18.0 Å². The van der Waals surface area contributed by atoms with Crippen molar-refractivity contribution in [1.82, 2.24) is 9.55 Å². The molecule has 5 nitrogen and oxygen atoms in total. The number of ether oxygens (including phenoxy) is 1. The molecule has 0 amide bonds. The number of para-hydroxylation sites is 1. The van der Waals surface area contributed by atoms with Crippen molar-refractivity contribution in [3.63, 3.8) is 0 Å². The van der Waals surface area contributed by atoms with Crippen molar-refractivity contribution in [2.24, 2.45) is 0 Å². The van der Waals surface area contributed by atoms with Crippen LogP contribution < -0.4 is 0 Å². The predicted molar refractivity (Wildman–Crippen MR) is 77.3 cm³/mol. The van der Waals surface area contributed by atoms with Gasteiger partial charge in [0.2, 0.25) is 0 Å². The van der Waals surface area contributed by atoms with E-state index in [0.29, 0.717) is 6.61 Å². The van der Waals surface area contributed by atoms with E-state index in [-0.39, 0.29) is 11.8 Å². The molecule has 1 saturated heterocycles. The molecule has 1 atom stereocenters. The molecule has 0 radical (unpaired) electrons. The maximum atomic E-state index is 10.8. The molecule has 1 aliphatic heterocycles. The van der Waals surface area contributed by atoms with E-state index in [1.165, 1.54) is 11.8 Å². The van der Waals surface area contributed by atoms with Crippen LogP contribution in [0.2, 0.25) is 0 Å². The Hall–Kier alpha value is -1.53. The van der Waals surface area contributed by atoms with Crippen molar-refractivity contribution in [2.75, 3.05) is 19.0 Å². The molecule has 2 aromatic rings. The molecule has 106 valence electrons. The number of rotatable bonds is 4. The van der Waals surface area contributed by atoms with Crippen LogP contribution in [0, 0.1) is 6.92 Å². The molecular formula is C14H16N2O3S. The van der Waals surface area contributed by atoms with Crippen molar-refractivity contribution in [1.29, 1.82) is 0 Å². The van der Waals surface area contributed by atoms with E-state index >= 15 is 0 Å². The smallest absolute Gasteiger partial charge is 0.313 e. The minimum Gasteiger partial charge on any atom is -0.481 e. The minimum absolute atomic E-state index is 0.0238. The van der Waals surface area contributed by atoms with Crippen LogP contribution in [0.5, 0.6) is 0 Å². The van der Waals surface area contributed by atoms with Gasteiger partial charge in [-0.15, -0.1) is 0 Å². The normalized spacial score (nSPS) is 18.8. The molecule has 1 N–H and O–H groups in total. The number of carboxylic acid groups (broad SMARTS) is 1. The van der Waals surface area contributed by atoms with Crippen molar-refractivity contribution in [3.8, 4) is 0 Å². The number of carbonyl (C=O) groups is 1. The lowest BCUT2D eigenvalue weighted by molar-refractivity contribution is -0.133. The maximum Gasteiger partial charge on any atom is 0.313 e. The maximum absolute atomic E-state index is 10.8. The number of aliphatic carboxylic acids is 1. The van der Waals surface area contributed by atoms with Gasteiger partial charge in [0, 0.05) is 6.61 Å². The highest BCUT2D eigenvalue weighted by Gasteiger charge is 2.24. The first-order valence-electron chi connectivity index (χ1n) is 6.56. The van der Waals surface area contributed by atoms with Gasteiger partial charge in [-0.05, 0) is 25.0 Å². The minimum atomic E-state index is -0.826. The lowest BCUT2D eigenvalue weighted by Gasteiger charge is -2.14. The third-order valence-corrected chi connectivity index (χ3v) is 4.42. The first-order valence-corrected chi connectivity index (χ1v) is 7.55. The number of hydrogen-bond acceptors (Lipinski definition) is 4. The summed E-state index contributed by atoms with van der Waals surface area (Å²) in [6, 6.07) is 6.32. The molecule has 1 aromatic heterocycles. The second kappa shape index (κ2) is 5.46. The summed E-state index contributed by atoms with van der Waals surface area (Å²) >= 11 is 1.27. The molecule has 6 heteroatoms. The molecule has 0 saturated carbocycles. The molecule has 1 aliphatic rings. The SMILES string of the molecule is Cc1cccc2c1nc(SCC(=O)O)n2C1CCOC1. The van der Waals surface area contributed by atoms with Crippen molar-refractivity contribution < 1.29 is 14.6 Å². The van der Waals surface area contributed by atoms with E-state index in [0.717, 1.165) is 34.8 Å². The zero-order chi connectivity index (χ0) is 14.1. The molecule has 1 unspecified atom stereocenters. The number of imidazole rings is 1. The Labute approximate surface area is 120 Å². The third-order valence-electron chi connectivity index (χ3n) is 3.49. The molecule has 3 rings (SSSR count). The first-order chi connectivity index (χ1) is 9.66. The van der Waals surface area contributed by atoms with E-state index < -0.39 is 5.97 Å². The van der Waals surface area contributed by atoms with Crippen LogP contribution in [-0.4, -0.2) is 39.6 Å². The van der Waals surface area contributed by atoms with E-state index in [2.05, 4.69) is 9.55 Å². The molecule has 0 bridgehead atoms. The number of fused-ring (bicyclic) bond motifs is 1. The summed E-state index contributed by atoms with van der Waals surface area (Å²) < 4.78 is 7.61. The van der Waals surface area contributed by atoms with Gasteiger partial charge in [-0.2, -0.15) is 0 Å². The molecule has 1 aromatic carbocycles. The van der Waals surface area contributed by atoms with Gasteiger partial charge in [0.25, 0.3) is 0 Å². The van der Waals surface area contributed by atoms with Gasteiger partial charge in [0.1, 0.15) is 0 Å². The lowest BCUT2D eigenvalue weighted by atomic mass is 10.2. The fourth-order valence-corrected chi connectivity index (χ4v) is 3.34. The average Bonchev–Trinajstić information content (AvgIpc) is 3.03. The summed E-state index contributed by atoms with van der Waals surface area (Å²) in [5.74, 6) is -0.802. The number of nitrogens with zero attached hydrogens (tertiary/aromatic N) is 2. The highest BCUT2D eigenvalue weighted by atomic mass is 32.2. The summed E-state index contributed by atoms with van der Waals surface area (Å²) in [4.78, 5) is 15.4. The molecular weight excluding hydrogens is 276 g/mol. The third kappa shape index (κ3) is 2.41. The summed E-state index contributed by atoms with van der Waals surface area (Å²) in [6.07, 6.45) is 0.944. The largest absolute Gasteiger partial charge is 0.481 e. The lowest BCUT2D eigenvalue weighted by Crippen LogP contribution is -2.10. The predicted octanol–water partition coefficient (Wildman–Crippen LogP) is 2.48. The van der Waals surface area contributed by atoms with Crippen molar-refractivity contribution >= 4 is 28.8 Å². The Morgan fingerprint density at radius 2 is 2.45 bits per heavy atom. The average molecular weight is 292 g/mol. The fraction of sp³-hybridized carbons (Fsp3) is 0.429. The zero-order valence-corrected chi connectivity index (χ0v) is 12.0. The molecule has 20 heavy (non-hydrogen) atoms. The van der Waals surface area contributed by atoms with Crippen LogP contribution in [-0.2, 0) is 9.53 Å². The van der Waals surface area contributed by atoms with Crippen molar-refractivity contribution in [2.45, 2.75) is 24.5 Å². The topological polar surface area (TPSA) is 64.3 Å². The number of carboxylic acids is 1. The van der Waals surface area contributed by atoms with Crippen molar-refractivity contribution in [3.05, 3.63) is 23.8 Å². The van der Waals surface area contributed by atoms with E-state index in [1.54, 1.807) is 0 Å². The first kappa shape index (κ1) is 13.5. The molecule has 0 aliphatic carbocycles. The molecule has 2 heterocycles. The summed E-state index contributed by atoms with van der Waals surface area (Å²) in [5.41, 5.74) is 3.12. The van der Waals surface area contributed by atoms with Crippen LogP contribution in [0.3, 0.4) is 0 Å². The summed E-state index contributed by atoms with van der Waals surface area (Å²) in [7, 11) is 0. The van der Waals surface area contributed by atoms with Gasteiger partial charge < -0.3 is 14.4 Å². The second-order valence-corrected chi connectivity index (χ2v) is 5.85. The van der Waals surface area contributed by atoms with Gasteiger partial charge in [-0.25, -0.2) is 4.98 Å². The fourth-order valence-electron chi connectivity index (χ4n) is 2.54. The van der Waals surface area contributed by atoms with E-state index in [4.69, 9.17) is 9.84 Å². The van der Waals surface area contributed by atoms with Gasteiger partial charge >= 0.3 is 5.97 Å². The second-order valence-electron chi connectivity index (χ2n) is 4.91. The van der Waals surface area contributed by atoms with Gasteiger partial charge in [0.05, 0.1) is 29.4 Å². The standard InChI is InChI=1S/C14H16N2O3S/c1-9-3-2-4-11-13(9)15-14(20-8-12(17)18)16(11)10-5-6-19-7-10/h2-4,10H,5-8H2,1H3,(H,17,18). The Balaban J connectivity index is 2.08. The van der Waals surface area contributed by atoms with Gasteiger partial charge in [-0.3, -0.25) is 4.79 Å². The van der Waals surface area contributed by atoms with Crippen LogP contribution in [0.4, 0.5) is 0 Å². The number of aromatic nitrogens is 2. The monoisotopic (exact) mass is 292 g/mol. The van der Waals surface area contributed by atoms with E-state index in [9.17, 15) is 4.79 Å². The van der Waals surface area contributed by atoms with Crippen LogP contribution in [0.15, 0.2) is 23.4 Å². The quantitative estimate of drug-likeness (QED) is 0.877. The number of aryl methyl sites for hydroxylation is 1. The zero-order valence-electron chi connectivity index (χ0n) is 11.2. The Kier molecular flexibility index (Phi) is 3.67. The van der Waals surface area contributed by atoms with Gasteiger partial charge in [-0.1, -0.05) is 23.9 Å². The Bertz CT molecular complexity index is 647. The highest BCUT2D eigenvalue weighted by molar-refractivity contribution is 7.99. The summed E-state index contributed by atoms with van der Waals surface area (Å²) in [6.45, 7) is 3.44. The van der Waals surface area contributed by atoms with Crippen LogP contribution in [0.25, 0.3) is 11.0 Å². The number of thioether (sulfide) groups is 1. The van der Waals surface area contributed by atoms with E-state index in [1.807, 2.05) is 25.1 Å². The number of benzene rings is 1. The Morgan fingerprint density at radius 1 is 1.60 bits per heavy atom. The highest BCUT2D eigenvalue weighted by Crippen LogP contribution is 2.32. The van der Waals surface area contributed by atoms with Crippen LogP contribution >= 0.6 is 11.8 Å². The molecule has 1 fully saturated rings. The number of hydrogen-bond donors (Lipinski definition) is 1. The Morgan fingerprint density at radius 3 is 3.15 bits per heavy atom. The summed E-state index contributed by atoms with van der Waals surface area (Å²) in [5, 5.41) is 9.65. The molecule has 0 spiro atoms. The van der Waals surface area contributed by atoms with Gasteiger partial charge in [0.15, 0.2) is 5.16 Å².